The van der Waals surface area contributed by atoms with Crippen LogP contribution in [0.2, 0.25) is 5.02 Å². The van der Waals surface area contributed by atoms with Crippen molar-refractivity contribution < 1.29 is 8.42 Å². The molecule has 0 aliphatic carbocycles. The highest BCUT2D eigenvalue weighted by atomic mass is 35.5. The molecule has 2 N–H and O–H groups in total. The maximum absolute atomic E-state index is 12.4. The van der Waals surface area contributed by atoms with E-state index in [2.05, 4.69) is 10.0 Å². The summed E-state index contributed by atoms with van der Waals surface area (Å²) >= 11 is 7.92. The Morgan fingerprint density at radius 1 is 1.38 bits per heavy atom. The molecule has 0 radical (unpaired) electrons. The number of nitrogens with one attached hydrogen (secondary N) is 2. The van der Waals surface area contributed by atoms with Crippen molar-refractivity contribution in [3.8, 4) is 0 Å². The Bertz CT molecular complexity index is 572. The molecule has 21 heavy (non-hydrogen) atoms. The van der Waals surface area contributed by atoms with Gasteiger partial charge in [0.05, 0.1) is 4.90 Å². The average molecular weight is 349 g/mol. The predicted molar refractivity (Wildman–Crippen MR) is 89.5 cm³/mol. The van der Waals surface area contributed by atoms with Gasteiger partial charge in [0.2, 0.25) is 10.0 Å². The van der Waals surface area contributed by atoms with E-state index in [1.807, 2.05) is 11.8 Å². The van der Waals surface area contributed by atoms with Crippen molar-refractivity contribution in [2.75, 3.05) is 19.3 Å². The highest BCUT2D eigenvalue weighted by Gasteiger charge is 2.19. The van der Waals surface area contributed by atoms with Gasteiger partial charge < -0.3 is 5.32 Å². The largest absolute Gasteiger partial charge is 0.316 e. The summed E-state index contributed by atoms with van der Waals surface area (Å²) in [6.07, 6.45) is 3.50. The topological polar surface area (TPSA) is 58.2 Å². The molecule has 7 heteroatoms. The van der Waals surface area contributed by atoms with Gasteiger partial charge in [0, 0.05) is 23.4 Å². The van der Waals surface area contributed by atoms with Gasteiger partial charge in [-0.1, -0.05) is 18.0 Å². The van der Waals surface area contributed by atoms with Gasteiger partial charge in [0.1, 0.15) is 0 Å². The minimum absolute atomic E-state index is 0.276. The van der Waals surface area contributed by atoms with Crippen LogP contribution in [0.1, 0.15) is 24.8 Å². The van der Waals surface area contributed by atoms with Crippen LogP contribution >= 0.6 is 23.4 Å². The lowest BCUT2D eigenvalue weighted by atomic mass is 10.2. The number of benzene rings is 1. The van der Waals surface area contributed by atoms with Crippen LogP contribution in [0.15, 0.2) is 23.1 Å². The van der Waals surface area contributed by atoms with Crippen molar-refractivity contribution in [3.63, 3.8) is 0 Å². The van der Waals surface area contributed by atoms with Crippen molar-refractivity contribution in [2.24, 2.45) is 0 Å². The molecule has 4 nitrogen and oxygen atoms in total. The Morgan fingerprint density at radius 3 is 2.86 bits per heavy atom. The van der Waals surface area contributed by atoms with Crippen molar-refractivity contribution in [2.45, 2.75) is 36.0 Å². The predicted octanol–water partition coefficient (Wildman–Crippen LogP) is 2.62. The van der Waals surface area contributed by atoms with E-state index < -0.39 is 10.0 Å². The summed E-state index contributed by atoms with van der Waals surface area (Å²) in [5.41, 5.74) is 0.786. The summed E-state index contributed by atoms with van der Waals surface area (Å²) in [7, 11) is -1.67. The van der Waals surface area contributed by atoms with E-state index in [-0.39, 0.29) is 4.90 Å². The average Bonchev–Trinajstić information content (AvgIpc) is 2.49. The zero-order valence-corrected chi connectivity index (χ0v) is 14.5. The smallest absolute Gasteiger partial charge is 0.240 e. The quantitative estimate of drug-likeness (QED) is 0.829. The summed E-state index contributed by atoms with van der Waals surface area (Å²) in [6.45, 7) is 1.04. The normalized spacial score (nSPS) is 19.6. The number of sulfonamides is 1. The minimum Gasteiger partial charge on any atom is -0.316 e. The van der Waals surface area contributed by atoms with E-state index in [1.165, 1.54) is 12.8 Å². The van der Waals surface area contributed by atoms with Crippen LogP contribution in [0.4, 0.5) is 0 Å². The summed E-state index contributed by atoms with van der Waals surface area (Å²) in [5, 5.41) is 3.95. The van der Waals surface area contributed by atoms with E-state index in [1.54, 1.807) is 25.2 Å². The van der Waals surface area contributed by atoms with Gasteiger partial charge in [-0.05, 0) is 49.4 Å². The van der Waals surface area contributed by atoms with Crippen molar-refractivity contribution in [1.82, 2.24) is 10.0 Å². The number of hydrogen-bond donors (Lipinski definition) is 2. The molecule has 1 unspecified atom stereocenters. The SMILES string of the molecule is CNCc1cc(S(=O)(=O)NCC2CCCCS2)ccc1Cl. The lowest BCUT2D eigenvalue weighted by Gasteiger charge is -2.21. The number of rotatable bonds is 6. The zero-order chi connectivity index (χ0) is 15.3. The first kappa shape index (κ1) is 17.1. The minimum atomic E-state index is -3.47. The molecule has 0 aromatic heterocycles. The first-order chi connectivity index (χ1) is 10.0. The lowest BCUT2D eigenvalue weighted by molar-refractivity contribution is 0.573. The molecule has 1 fully saturated rings. The maximum Gasteiger partial charge on any atom is 0.240 e. The van der Waals surface area contributed by atoms with Crippen molar-refractivity contribution in [1.29, 1.82) is 0 Å². The first-order valence-corrected chi connectivity index (χ1v) is 9.98. The van der Waals surface area contributed by atoms with Crippen molar-refractivity contribution in [3.05, 3.63) is 28.8 Å². The molecule has 0 bridgehead atoms. The molecule has 0 spiro atoms. The molecular formula is C14H21ClN2O2S2. The molecular weight excluding hydrogens is 328 g/mol. The Balaban J connectivity index is 2.06. The Labute approximate surface area is 136 Å². The summed E-state index contributed by atoms with van der Waals surface area (Å²) in [6, 6.07) is 4.82. The van der Waals surface area contributed by atoms with Crippen LogP contribution in [0.5, 0.6) is 0 Å². The van der Waals surface area contributed by atoms with E-state index in [0.29, 0.717) is 23.4 Å². The second-order valence-electron chi connectivity index (χ2n) is 5.12. The monoisotopic (exact) mass is 348 g/mol. The molecule has 0 amide bonds. The molecule has 1 saturated heterocycles. The van der Waals surface area contributed by atoms with E-state index in [9.17, 15) is 8.42 Å². The third-order valence-corrected chi connectivity index (χ3v) is 6.66. The van der Waals surface area contributed by atoms with E-state index in [0.717, 1.165) is 17.7 Å². The Hall–Kier alpha value is -0.270. The highest BCUT2D eigenvalue weighted by Crippen LogP contribution is 2.25. The van der Waals surface area contributed by atoms with Gasteiger partial charge in [0.15, 0.2) is 0 Å². The number of thioether (sulfide) groups is 1. The Kier molecular flexibility index (Phi) is 6.37. The van der Waals surface area contributed by atoms with E-state index >= 15 is 0 Å². The van der Waals surface area contributed by atoms with Crippen LogP contribution in [0.25, 0.3) is 0 Å². The van der Waals surface area contributed by atoms with Crippen molar-refractivity contribution >= 4 is 33.4 Å². The third-order valence-electron chi connectivity index (χ3n) is 3.47. The van der Waals surface area contributed by atoms with Crippen LogP contribution in [-0.2, 0) is 16.6 Å². The summed E-state index contributed by atoms with van der Waals surface area (Å²) < 4.78 is 27.4. The molecule has 1 aliphatic rings. The van der Waals surface area contributed by atoms with Gasteiger partial charge in [-0.2, -0.15) is 11.8 Å². The summed E-state index contributed by atoms with van der Waals surface area (Å²) in [4.78, 5) is 0.276. The molecule has 1 aromatic rings. The molecule has 1 heterocycles. The number of halogens is 1. The lowest BCUT2D eigenvalue weighted by Crippen LogP contribution is -2.32. The fourth-order valence-corrected chi connectivity index (χ4v) is 4.96. The van der Waals surface area contributed by atoms with Gasteiger partial charge in [-0.25, -0.2) is 13.1 Å². The second kappa shape index (κ2) is 7.83. The molecule has 2 rings (SSSR count). The van der Waals surface area contributed by atoms with Crippen LogP contribution in [-0.4, -0.2) is 33.0 Å². The molecule has 1 aliphatic heterocycles. The van der Waals surface area contributed by atoms with E-state index in [4.69, 9.17) is 11.6 Å². The second-order valence-corrected chi connectivity index (χ2v) is 8.71. The third kappa shape index (κ3) is 4.86. The highest BCUT2D eigenvalue weighted by molar-refractivity contribution is 8.00. The standard InChI is InChI=1S/C14H21ClN2O2S2/c1-16-9-11-8-13(5-6-14(11)15)21(18,19)17-10-12-4-2-3-7-20-12/h5-6,8,12,16-17H,2-4,7,9-10H2,1H3. The summed E-state index contributed by atoms with van der Waals surface area (Å²) in [5.74, 6) is 1.12. The van der Waals surface area contributed by atoms with Crippen LogP contribution in [0, 0.1) is 0 Å². The molecule has 1 aromatic carbocycles. The molecule has 1 atom stereocenters. The zero-order valence-electron chi connectivity index (χ0n) is 12.1. The molecule has 0 saturated carbocycles. The van der Waals surface area contributed by atoms with Crippen LogP contribution in [0.3, 0.4) is 0 Å². The van der Waals surface area contributed by atoms with Gasteiger partial charge in [-0.3, -0.25) is 0 Å². The van der Waals surface area contributed by atoms with Crippen LogP contribution < -0.4 is 10.0 Å². The first-order valence-electron chi connectivity index (χ1n) is 7.07. The maximum atomic E-state index is 12.4. The fraction of sp³-hybridized carbons (Fsp3) is 0.571. The van der Waals surface area contributed by atoms with Gasteiger partial charge in [0.25, 0.3) is 0 Å². The fourth-order valence-electron chi connectivity index (χ4n) is 2.30. The molecule has 118 valence electrons. The van der Waals surface area contributed by atoms with Gasteiger partial charge >= 0.3 is 0 Å². The van der Waals surface area contributed by atoms with Gasteiger partial charge in [-0.15, -0.1) is 0 Å². The Morgan fingerprint density at radius 2 is 2.19 bits per heavy atom. The number of hydrogen-bond acceptors (Lipinski definition) is 4.